The number of ether oxygens (including phenoxy) is 2. The molecule has 1 saturated heterocycles. The monoisotopic (exact) mass is 430 g/mol. The van der Waals surface area contributed by atoms with E-state index in [-0.39, 0.29) is 24.5 Å². The second-order valence-corrected chi connectivity index (χ2v) is 8.06. The molecule has 1 fully saturated rings. The van der Waals surface area contributed by atoms with Crippen LogP contribution in [0.15, 0.2) is 36.5 Å². The third-order valence-corrected chi connectivity index (χ3v) is 5.38. The molecule has 3 rings (SSSR count). The predicted octanol–water partition coefficient (Wildman–Crippen LogP) is 2.26. The van der Waals surface area contributed by atoms with E-state index in [9.17, 15) is 9.59 Å². The van der Waals surface area contributed by atoms with Gasteiger partial charge in [0.1, 0.15) is 12.3 Å². The summed E-state index contributed by atoms with van der Waals surface area (Å²) in [6.07, 6.45) is 3.84. The van der Waals surface area contributed by atoms with Crippen molar-refractivity contribution >= 4 is 11.9 Å². The Hall–Kier alpha value is -2.78. The lowest BCUT2D eigenvalue weighted by atomic mass is 9.97. The number of benzene rings is 1. The van der Waals surface area contributed by atoms with Crippen molar-refractivity contribution in [1.82, 2.24) is 19.9 Å². The van der Waals surface area contributed by atoms with E-state index >= 15 is 0 Å². The van der Waals surface area contributed by atoms with E-state index in [2.05, 4.69) is 10.3 Å². The highest BCUT2D eigenvalue weighted by atomic mass is 16.5. The zero-order valence-electron chi connectivity index (χ0n) is 17.9. The largest absolute Gasteiger partial charge is 0.481 e. The molecule has 1 aliphatic heterocycles. The van der Waals surface area contributed by atoms with E-state index in [4.69, 9.17) is 14.6 Å². The molecule has 0 saturated carbocycles. The van der Waals surface area contributed by atoms with Crippen LogP contribution in [-0.4, -0.2) is 62.3 Å². The molecule has 1 amide bonds. The molecule has 2 aromatic rings. The lowest BCUT2D eigenvalue weighted by molar-refractivity contribution is -0.150. The Morgan fingerprint density at radius 1 is 1.23 bits per heavy atom. The van der Waals surface area contributed by atoms with Crippen molar-refractivity contribution < 1.29 is 24.2 Å². The molecule has 2 heterocycles. The van der Waals surface area contributed by atoms with Gasteiger partial charge in [-0.25, -0.2) is 0 Å². The van der Waals surface area contributed by atoms with Crippen LogP contribution in [0.1, 0.15) is 43.9 Å². The summed E-state index contributed by atoms with van der Waals surface area (Å²) in [5.41, 5.74) is 1.32. The number of nitrogens with zero attached hydrogens (tertiary/aromatic N) is 4. The normalized spacial score (nSPS) is 15.5. The molecule has 0 atom stereocenters. The van der Waals surface area contributed by atoms with Crippen LogP contribution in [0.25, 0.3) is 0 Å². The van der Waals surface area contributed by atoms with E-state index in [0.29, 0.717) is 45.0 Å². The number of carboxylic acids is 1. The minimum Gasteiger partial charge on any atom is -0.481 e. The number of hydrogen-bond donors (Lipinski definition) is 1. The van der Waals surface area contributed by atoms with Crippen molar-refractivity contribution in [2.45, 2.75) is 57.8 Å². The number of aryl methyl sites for hydroxylation is 1. The SMILES string of the molecule is CC1(OCC(=O)N(Cc2ccccc2)Cc2cn(CCCC(=O)O)nn2)CCOCC1. The summed E-state index contributed by atoms with van der Waals surface area (Å²) in [5.74, 6) is -0.949. The number of carboxylic acid groups (broad SMARTS) is 1. The Morgan fingerprint density at radius 3 is 2.68 bits per heavy atom. The minimum atomic E-state index is -0.835. The second kappa shape index (κ2) is 11.0. The van der Waals surface area contributed by atoms with Crippen LogP contribution >= 0.6 is 0 Å². The topological polar surface area (TPSA) is 107 Å². The first-order valence-corrected chi connectivity index (χ1v) is 10.6. The average molecular weight is 431 g/mol. The maximum Gasteiger partial charge on any atom is 0.303 e. The van der Waals surface area contributed by atoms with E-state index in [1.807, 2.05) is 37.3 Å². The molecule has 1 aromatic heterocycles. The molecule has 1 N–H and O–H groups in total. The number of rotatable bonds is 11. The van der Waals surface area contributed by atoms with E-state index < -0.39 is 5.97 Å². The molecule has 0 spiro atoms. The first-order chi connectivity index (χ1) is 14.9. The van der Waals surface area contributed by atoms with Gasteiger partial charge in [-0.15, -0.1) is 5.10 Å². The van der Waals surface area contributed by atoms with Crippen LogP contribution in [-0.2, 0) is 38.7 Å². The molecule has 1 aromatic carbocycles. The number of aromatic nitrogens is 3. The molecular weight excluding hydrogens is 400 g/mol. The van der Waals surface area contributed by atoms with Gasteiger partial charge in [0, 0.05) is 32.7 Å². The first-order valence-electron chi connectivity index (χ1n) is 10.6. The van der Waals surface area contributed by atoms with Crippen LogP contribution in [0.5, 0.6) is 0 Å². The Balaban J connectivity index is 1.62. The third kappa shape index (κ3) is 7.45. The highest BCUT2D eigenvalue weighted by molar-refractivity contribution is 5.77. The van der Waals surface area contributed by atoms with Gasteiger partial charge in [-0.05, 0) is 31.7 Å². The minimum absolute atomic E-state index is 0.00389. The van der Waals surface area contributed by atoms with Crippen molar-refractivity contribution in [2.24, 2.45) is 0 Å². The molecule has 0 radical (unpaired) electrons. The molecule has 31 heavy (non-hydrogen) atoms. The van der Waals surface area contributed by atoms with Crippen LogP contribution in [0.4, 0.5) is 0 Å². The van der Waals surface area contributed by atoms with Gasteiger partial charge in [-0.2, -0.15) is 0 Å². The van der Waals surface area contributed by atoms with E-state index in [0.717, 1.165) is 18.4 Å². The van der Waals surface area contributed by atoms with Gasteiger partial charge in [0.2, 0.25) is 5.91 Å². The van der Waals surface area contributed by atoms with Crippen LogP contribution in [0.2, 0.25) is 0 Å². The smallest absolute Gasteiger partial charge is 0.303 e. The lowest BCUT2D eigenvalue weighted by Crippen LogP contribution is -2.40. The summed E-state index contributed by atoms with van der Waals surface area (Å²) in [6, 6.07) is 9.77. The Labute approximate surface area is 181 Å². The first kappa shape index (κ1) is 22.9. The third-order valence-electron chi connectivity index (χ3n) is 5.38. The summed E-state index contributed by atoms with van der Waals surface area (Å²) < 4.78 is 13.0. The van der Waals surface area contributed by atoms with Crippen molar-refractivity contribution in [3.63, 3.8) is 0 Å². The summed E-state index contributed by atoms with van der Waals surface area (Å²) in [5, 5.41) is 17.0. The highest BCUT2D eigenvalue weighted by Crippen LogP contribution is 2.24. The zero-order chi connectivity index (χ0) is 22.1. The quantitative estimate of drug-likeness (QED) is 0.583. The van der Waals surface area contributed by atoms with Crippen molar-refractivity contribution in [2.75, 3.05) is 19.8 Å². The van der Waals surface area contributed by atoms with Gasteiger partial charge in [0.05, 0.1) is 18.3 Å². The van der Waals surface area contributed by atoms with Gasteiger partial charge < -0.3 is 19.5 Å². The number of hydrogen-bond acceptors (Lipinski definition) is 6. The Bertz CT molecular complexity index is 849. The summed E-state index contributed by atoms with van der Waals surface area (Å²) >= 11 is 0. The molecule has 0 aliphatic carbocycles. The Kier molecular flexibility index (Phi) is 8.13. The molecule has 9 nitrogen and oxygen atoms in total. The van der Waals surface area contributed by atoms with Crippen LogP contribution < -0.4 is 0 Å². The molecule has 1 aliphatic rings. The average Bonchev–Trinajstić information content (AvgIpc) is 3.20. The summed E-state index contributed by atoms with van der Waals surface area (Å²) in [4.78, 5) is 25.4. The fourth-order valence-electron chi connectivity index (χ4n) is 3.42. The number of carbonyl (C=O) groups excluding carboxylic acids is 1. The van der Waals surface area contributed by atoms with Crippen molar-refractivity contribution in [1.29, 1.82) is 0 Å². The fraction of sp³-hybridized carbons (Fsp3) is 0.545. The second-order valence-electron chi connectivity index (χ2n) is 8.06. The molecule has 0 bridgehead atoms. The number of carbonyl (C=O) groups is 2. The molecule has 168 valence electrons. The summed E-state index contributed by atoms with van der Waals surface area (Å²) in [7, 11) is 0. The zero-order valence-corrected chi connectivity index (χ0v) is 17.9. The van der Waals surface area contributed by atoms with Gasteiger partial charge in [-0.1, -0.05) is 35.5 Å². The van der Waals surface area contributed by atoms with Crippen molar-refractivity contribution in [3.8, 4) is 0 Å². The van der Waals surface area contributed by atoms with E-state index in [1.54, 1.807) is 15.8 Å². The maximum atomic E-state index is 13.0. The highest BCUT2D eigenvalue weighted by Gasteiger charge is 2.30. The molecule has 0 unspecified atom stereocenters. The lowest BCUT2D eigenvalue weighted by Gasteiger charge is -2.34. The molecule has 9 heteroatoms. The van der Waals surface area contributed by atoms with Crippen LogP contribution in [0, 0.1) is 0 Å². The number of amides is 1. The van der Waals surface area contributed by atoms with Gasteiger partial charge >= 0.3 is 5.97 Å². The molecular formula is C22H30N4O5. The summed E-state index contributed by atoms with van der Waals surface area (Å²) in [6.45, 7) is 4.51. The Morgan fingerprint density at radius 2 is 1.97 bits per heavy atom. The maximum absolute atomic E-state index is 13.0. The van der Waals surface area contributed by atoms with Gasteiger partial charge in [0.15, 0.2) is 0 Å². The van der Waals surface area contributed by atoms with Crippen LogP contribution in [0.3, 0.4) is 0 Å². The fourth-order valence-corrected chi connectivity index (χ4v) is 3.42. The predicted molar refractivity (Wildman–Crippen MR) is 112 cm³/mol. The number of aliphatic carboxylic acids is 1. The van der Waals surface area contributed by atoms with Gasteiger partial charge in [-0.3, -0.25) is 14.3 Å². The van der Waals surface area contributed by atoms with Gasteiger partial charge in [0.25, 0.3) is 0 Å². The van der Waals surface area contributed by atoms with Crippen molar-refractivity contribution in [3.05, 3.63) is 47.8 Å². The van der Waals surface area contributed by atoms with E-state index in [1.165, 1.54) is 0 Å². The standard InChI is InChI=1S/C22H30N4O5/c1-22(9-12-30-13-10-22)31-17-20(27)25(14-18-6-3-2-4-7-18)15-19-16-26(24-23-19)11-5-8-21(28)29/h2-4,6-7,16H,5,8-15,17H2,1H3,(H,28,29).